The first-order valence-electron chi connectivity index (χ1n) is 16.6. The van der Waals surface area contributed by atoms with Crippen molar-refractivity contribution >= 4 is 39.6 Å². The van der Waals surface area contributed by atoms with Crippen molar-refractivity contribution in [2.45, 2.75) is 130 Å². The van der Waals surface area contributed by atoms with E-state index in [1.165, 1.54) is 0 Å². The van der Waals surface area contributed by atoms with Crippen LogP contribution in [0, 0.1) is 17.8 Å². The molecule has 0 bridgehead atoms. The van der Waals surface area contributed by atoms with Crippen molar-refractivity contribution in [3.8, 4) is 0 Å². The molecule has 0 aliphatic carbocycles. The van der Waals surface area contributed by atoms with Crippen molar-refractivity contribution in [2.75, 3.05) is 25.1 Å². The van der Waals surface area contributed by atoms with Crippen LogP contribution in [0.4, 0.5) is 4.79 Å². The predicted molar refractivity (Wildman–Crippen MR) is 179 cm³/mol. The number of nitrogens with zero attached hydrogens (tertiary/aromatic N) is 1. The van der Waals surface area contributed by atoms with Gasteiger partial charge in [-0.05, 0) is 71.6 Å². The zero-order chi connectivity index (χ0) is 36.3. The van der Waals surface area contributed by atoms with Gasteiger partial charge in [-0.15, -0.1) is 0 Å². The third-order valence-electron chi connectivity index (χ3n) is 7.76. The van der Waals surface area contributed by atoms with Crippen LogP contribution in [0.1, 0.15) is 94.4 Å². The first-order chi connectivity index (χ1) is 21.6. The summed E-state index contributed by atoms with van der Waals surface area (Å²) in [4.78, 5) is 66.8. The van der Waals surface area contributed by atoms with E-state index >= 15 is 0 Å². The number of carbonyl (C=O) groups excluding carboxylic acids is 5. The fraction of sp³-hybridized carbons (Fsp3) is 0.844. The molecule has 272 valence electrons. The standard InChI is InChI=1S/C32H59N5O9S/c1-11-33-28(40)24-13-12-15-37(24)30(42)21(6)18-25(38)23(17-19(2)3)35-27(39)22(14-16-47(10,44)45)34-29(41)26(20(4)5)36-31(43)46-32(7,8)9/h19-26,38H,11-18H2,1-10H3,(H,33,40)(H,34,41)(H,35,39)(H,36,43)/t21-,22+,23+,24?,25+,26+/m1/s1. The quantitative estimate of drug-likeness (QED) is 0.150. The van der Waals surface area contributed by atoms with Gasteiger partial charge in [-0.1, -0.05) is 34.6 Å². The van der Waals surface area contributed by atoms with Crippen LogP contribution in [-0.4, -0.2) is 109 Å². The minimum Gasteiger partial charge on any atom is -0.444 e. The van der Waals surface area contributed by atoms with Gasteiger partial charge in [0.2, 0.25) is 23.6 Å². The van der Waals surface area contributed by atoms with Crippen LogP contribution in [-0.2, 0) is 33.8 Å². The molecule has 1 aliphatic rings. The molecule has 5 amide bonds. The Labute approximate surface area is 280 Å². The van der Waals surface area contributed by atoms with Gasteiger partial charge in [-0.3, -0.25) is 19.2 Å². The Kier molecular flexibility index (Phi) is 16.6. The second kappa shape index (κ2) is 18.6. The van der Waals surface area contributed by atoms with Crippen LogP contribution in [0.3, 0.4) is 0 Å². The van der Waals surface area contributed by atoms with Gasteiger partial charge in [0.1, 0.15) is 33.6 Å². The summed E-state index contributed by atoms with van der Waals surface area (Å²) >= 11 is 0. The minimum absolute atomic E-state index is 0.00468. The first-order valence-corrected chi connectivity index (χ1v) is 18.7. The molecule has 0 aromatic heterocycles. The highest BCUT2D eigenvalue weighted by Gasteiger charge is 2.38. The number of aliphatic hydroxyl groups is 1. The predicted octanol–water partition coefficient (Wildman–Crippen LogP) is 1.50. The molecule has 0 spiro atoms. The number of rotatable bonds is 17. The summed E-state index contributed by atoms with van der Waals surface area (Å²) < 4.78 is 29.3. The summed E-state index contributed by atoms with van der Waals surface area (Å²) in [7, 11) is -3.52. The van der Waals surface area contributed by atoms with Crippen molar-refractivity contribution in [3.63, 3.8) is 0 Å². The number of alkyl carbamates (subject to hydrolysis) is 1. The van der Waals surface area contributed by atoms with E-state index in [4.69, 9.17) is 4.74 Å². The lowest BCUT2D eigenvalue weighted by Crippen LogP contribution is -2.58. The van der Waals surface area contributed by atoms with Crippen molar-refractivity contribution in [1.82, 2.24) is 26.2 Å². The van der Waals surface area contributed by atoms with E-state index in [0.717, 1.165) is 6.26 Å². The third-order valence-corrected chi connectivity index (χ3v) is 8.73. The summed E-state index contributed by atoms with van der Waals surface area (Å²) in [6, 6.07) is -3.78. The number of aliphatic hydroxyl groups excluding tert-OH is 1. The number of likely N-dealkylation sites (tertiary alicyclic amines) is 1. The second-order valence-corrected chi connectivity index (χ2v) is 16.6. The van der Waals surface area contributed by atoms with Crippen LogP contribution in [0.2, 0.25) is 0 Å². The molecular weight excluding hydrogens is 630 g/mol. The van der Waals surface area contributed by atoms with Gasteiger partial charge in [0.25, 0.3) is 0 Å². The molecule has 6 atom stereocenters. The van der Waals surface area contributed by atoms with E-state index < -0.39 is 81.2 Å². The van der Waals surface area contributed by atoms with E-state index in [2.05, 4.69) is 21.3 Å². The number of hydrogen-bond acceptors (Lipinski definition) is 9. The Morgan fingerprint density at radius 1 is 0.957 bits per heavy atom. The largest absolute Gasteiger partial charge is 0.444 e. The highest BCUT2D eigenvalue weighted by atomic mass is 32.2. The number of ether oxygens (including phenoxy) is 1. The lowest BCUT2D eigenvalue weighted by Gasteiger charge is -2.32. The molecule has 47 heavy (non-hydrogen) atoms. The van der Waals surface area contributed by atoms with Crippen LogP contribution in [0.15, 0.2) is 0 Å². The van der Waals surface area contributed by atoms with Gasteiger partial charge in [0, 0.05) is 25.3 Å². The van der Waals surface area contributed by atoms with Gasteiger partial charge < -0.3 is 36.0 Å². The number of amides is 5. The van der Waals surface area contributed by atoms with Crippen LogP contribution >= 0.6 is 0 Å². The molecule has 1 saturated heterocycles. The molecule has 1 fully saturated rings. The molecule has 0 saturated carbocycles. The zero-order valence-electron chi connectivity index (χ0n) is 29.8. The van der Waals surface area contributed by atoms with E-state index in [1.807, 2.05) is 20.8 Å². The molecule has 5 N–H and O–H groups in total. The Hall–Kier alpha value is -2.94. The van der Waals surface area contributed by atoms with Gasteiger partial charge in [-0.25, -0.2) is 13.2 Å². The maximum absolute atomic E-state index is 13.6. The minimum atomic E-state index is -3.52. The maximum Gasteiger partial charge on any atom is 0.408 e. The van der Waals surface area contributed by atoms with E-state index in [-0.39, 0.29) is 30.6 Å². The molecule has 1 heterocycles. The van der Waals surface area contributed by atoms with Gasteiger partial charge in [0.15, 0.2) is 0 Å². The summed E-state index contributed by atoms with van der Waals surface area (Å²) in [6.45, 7) is 16.6. The van der Waals surface area contributed by atoms with Crippen LogP contribution < -0.4 is 21.3 Å². The molecule has 1 aliphatic heterocycles. The molecule has 15 heteroatoms. The molecule has 0 radical (unpaired) electrons. The maximum atomic E-state index is 13.6. The third kappa shape index (κ3) is 15.2. The molecular formula is C32H59N5O9S. The van der Waals surface area contributed by atoms with Crippen LogP contribution in [0.5, 0.6) is 0 Å². The van der Waals surface area contributed by atoms with Gasteiger partial charge >= 0.3 is 6.09 Å². The Balaban J connectivity index is 3.15. The Bertz CT molecular complexity index is 1190. The van der Waals surface area contributed by atoms with E-state index in [0.29, 0.717) is 32.4 Å². The normalized spacial score (nSPS) is 18.6. The van der Waals surface area contributed by atoms with Crippen LogP contribution in [0.25, 0.3) is 0 Å². The highest BCUT2D eigenvalue weighted by Crippen LogP contribution is 2.23. The smallest absolute Gasteiger partial charge is 0.408 e. The number of nitrogens with one attached hydrogen (secondary N) is 4. The summed E-state index contributed by atoms with van der Waals surface area (Å²) in [6.07, 6.45) is 0.387. The summed E-state index contributed by atoms with van der Waals surface area (Å²) in [5, 5.41) is 22.0. The average Bonchev–Trinajstić information content (AvgIpc) is 3.41. The molecule has 0 aromatic rings. The molecule has 1 rings (SSSR count). The topological polar surface area (TPSA) is 200 Å². The van der Waals surface area contributed by atoms with Gasteiger partial charge in [-0.2, -0.15) is 0 Å². The highest BCUT2D eigenvalue weighted by molar-refractivity contribution is 7.90. The number of hydrogen-bond donors (Lipinski definition) is 5. The number of likely N-dealkylation sites (N-methyl/N-ethyl adjacent to an activating group) is 1. The SMILES string of the molecule is CCNC(=O)C1CCCN1C(=O)[C@H](C)C[C@H](O)[C@H](CC(C)C)NC(=O)[C@H](CCS(C)(=O)=O)NC(=O)[C@@H](NC(=O)OC(C)(C)C)C(C)C. The van der Waals surface area contributed by atoms with E-state index in [1.54, 1.807) is 46.4 Å². The van der Waals surface area contributed by atoms with Gasteiger partial charge in [0.05, 0.1) is 17.9 Å². The molecule has 0 aromatic carbocycles. The summed E-state index contributed by atoms with van der Waals surface area (Å²) in [5.41, 5.74) is -0.811. The van der Waals surface area contributed by atoms with E-state index in [9.17, 15) is 37.5 Å². The Morgan fingerprint density at radius 3 is 2.09 bits per heavy atom. The van der Waals surface area contributed by atoms with Crippen molar-refractivity contribution in [2.24, 2.45) is 17.8 Å². The molecule has 1 unspecified atom stereocenters. The zero-order valence-corrected chi connectivity index (χ0v) is 30.7. The lowest BCUT2D eigenvalue weighted by atomic mass is 9.91. The monoisotopic (exact) mass is 689 g/mol. The average molecular weight is 690 g/mol. The lowest BCUT2D eigenvalue weighted by molar-refractivity contribution is -0.142. The fourth-order valence-corrected chi connectivity index (χ4v) is 6.10. The van der Waals surface area contributed by atoms with Crippen molar-refractivity contribution in [3.05, 3.63) is 0 Å². The first kappa shape index (κ1) is 42.1. The number of sulfone groups is 1. The Morgan fingerprint density at radius 2 is 1.57 bits per heavy atom. The second-order valence-electron chi connectivity index (χ2n) is 14.4. The van der Waals surface area contributed by atoms with Crippen molar-refractivity contribution < 1.29 is 42.2 Å². The molecule has 14 nitrogen and oxygen atoms in total. The fourth-order valence-electron chi connectivity index (χ4n) is 5.44. The van der Waals surface area contributed by atoms with Crippen molar-refractivity contribution in [1.29, 1.82) is 0 Å². The number of carbonyl (C=O) groups is 5. The summed E-state index contributed by atoms with van der Waals surface area (Å²) in [5.74, 6) is -3.32.